The third-order valence-corrected chi connectivity index (χ3v) is 5.13. The fraction of sp³-hybridized carbons (Fsp3) is 0.571. The maximum absolute atomic E-state index is 12.4. The van der Waals surface area contributed by atoms with Gasteiger partial charge in [0.1, 0.15) is 11.3 Å². The van der Waals surface area contributed by atoms with Crippen LogP contribution in [0, 0.1) is 0 Å². The molecule has 1 aromatic rings. The van der Waals surface area contributed by atoms with Crippen molar-refractivity contribution < 1.29 is 32.3 Å². The van der Waals surface area contributed by atoms with Crippen LogP contribution in [0.1, 0.15) is 75.6 Å². The predicted molar refractivity (Wildman–Crippen MR) is 111 cm³/mol. The van der Waals surface area contributed by atoms with E-state index >= 15 is 0 Å². The van der Waals surface area contributed by atoms with Gasteiger partial charge < -0.3 is 14.6 Å². The number of ether oxygens (including phenoxy) is 2. The molecule has 0 radical (unpaired) electrons. The fourth-order valence-electron chi connectivity index (χ4n) is 2.70. The van der Waals surface area contributed by atoms with E-state index in [9.17, 15) is 18.3 Å². The van der Waals surface area contributed by atoms with Crippen molar-refractivity contribution in [1.29, 1.82) is 0 Å². The molecule has 8 heteroatoms. The molecule has 0 saturated carbocycles. The summed E-state index contributed by atoms with van der Waals surface area (Å²) in [7, 11) is -4.51. The minimum atomic E-state index is -4.51. The van der Waals surface area contributed by atoms with Gasteiger partial charge >= 0.3 is 5.97 Å². The van der Waals surface area contributed by atoms with Gasteiger partial charge in [0.2, 0.25) is 6.29 Å². The van der Waals surface area contributed by atoms with Crippen molar-refractivity contribution in [2.45, 2.75) is 76.4 Å². The molecule has 1 rings (SSSR count). The fourth-order valence-corrected chi connectivity index (χ4v) is 3.21. The van der Waals surface area contributed by atoms with Crippen LogP contribution in [0.25, 0.3) is 0 Å². The summed E-state index contributed by atoms with van der Waals surface area (Å²) in [6.07, 6.45) is 7.32. The molecular weight excluding hydrogens is 396 g/mol. The second-order valence-corrected chi connectivity index (χ2v) is 8.59. The van der Waals surface area contributed by atoms with Gasteiger partial charge in [-0.15, -0.1) is 0 Å². The number of carbonyl (C=O) groups excluding carboxylic acids is 1. The van der Waals surface area contributed by atoms with Gasteiger partial charge in [-0.25, -0.2) is 4.79 Å². The quantitative estimate of drug-likeness (QED) is 0.143. The molecule has 29 heavy (non-hydrogen) atoms. The highest BCUT2D eigenvalue weighted by Gasteiger charge is 2.22. The SMILES string of the molecule is C=C(C)COC(CCCCCCCCC)OC(=O)c1cc(S(=O)(=O)O)ccc1O. The van der Waals surface area contributed by atoms with Gasteiger partial charge in [0.05, 0.1) is 11.5 Å². The lowest BCUT2D eigenvalue weighted by Gasteiger charge is -2.19. The van der Waals surface area contributed by atoms with Crippen molar-refractivity contribution in [2.24, 2.45) is 0 Å². The van der Waals surface area contributed by atoms with E-state index in [0.29, 0.717) is 6.42 Å². The average Bonchev–Trinajstić information content (AvgIpc) is 2.64. The first kappa shape index (κ1) is 25.1. The molecule has 0 bridgehead atoms. The lowest BCUT2D eigenvalue weighted by atomic mass is 10.1. The Morgan fingerprint density at radius 2 is 1.76 bits per heavy atom. The van der Waals surface area contributed by atoms with Crippen LogP contribution in [0.4, 0.5) is 0 Å². The van der Waals surface area contributed by atoms with Crippen molar-refractivity contribution in [3.8, 4) is 5.75 Å². The minimum Gasteiger partial charge on any atom is -0.507 e. The van der Waals surface area contributed by atoms with Crippen LogP contribution < -0.4 is 0 Å². The molecule has 0 aromatic heterocycles. The summed E-state index contributed by atoms with van der Waals surface area (Å²) < 4.78 is 42.6. The molecule has 1 unspecified atom stereocenters. The summed E-state index contributed by atoms with van der Waals surface area (Å²) in [4.78, 5) is 11.9. The van der Waals surface area contributed by atoms with Crippen LogP contribution >= 0.6 is 0 Å². The van der Waals surface area contributed by atoms with Gasteiger partial charge in [-0.05, 0) is 31.5 Å². The highest BCUT2D eigenvalue weighted by Crippen LogP contribution is 2.23. The van der Waals surface area contributed by atoms with Gasteiger partial charge in [0.25, 0.3) is 10.1 Å². The molecule has 0 spiro atoms. The Morgan fingerprint density at radius 1 is 1.14 bits per heavy atom. The molecule has 1 atom stereocenters. The third kappa shape index (κ3) is 9.92. The third-order valence-electron chi connectivity index (χ3n) is 4.28. The Kier molecular flexibility index (Phi) is 10.9. The van der Waals surface area contributed by atoms with Crippen LogP contribution in [0.2, 0.25) is 0 Å². The second kappa shape index (κ2) is 12.6. The van der Waals surface area contributed by atoms with E-state index < -0.39 is 33.0 Å². The molecular formula is C21H32O7S. The monoisotopic (exact) mass is 428 g/mol. The topological polar surface area (TPSA) is 110 Å². The number of rotatable bonds is 14. The molecule has 164 valence electrons. The average molecular weight is 429 g/mol. The summed E-state index contributed by atoms with van der Waals surface area (Å²) in [5, 5.41) is 9.89. The Balaban J connectivity index is 2.72. The normalized spacial score (nSPS) is 12.5. The summed E-state index contributed by atoms with van der Waals surface area (Å²) in [6.45, 7) is 7.92. The largest absolute Gasteiger partial charge is 0.507 e. The standard InChI is InChI=1S/C21H32O7S/c1-4-5-6-7-8-9-10-11-20(27-15-16(2)3)28-21(23)18-14-17(29(24,25)26)12-13-19(18)22/h12-14,20,22H,2,4-11,15H2,1,3H3,(H,24,25,26). The van der Waals surface area contributed by atoms with E-state index in [4.69, 9.17) is 14.0 Å². The van der Waals surface area contributed by atoms with Crippen molar-refractivity contribution in [3.05, 3.63) is 35.9 Å². The van der Waals surface area contributed by atoms with Crippen LogP contribution in [0.3, 0.4) is 0 Å². The van der Waals surface area contributed by atoms with Crippen molar-refractivity contribution >= 4 is 16.1 Å². The summed E-state index contributed by atoms with van der Waals surface area (Å²) in [5.41, 5.74) is 0.408. The van der Waals surface area contributed by atoms with E-state index in [1.54, 1.807) is 6.92 Å². The van der Waals surface area contributed by atoms with Crippen LogP contribution in [0.15, 0.2) is 35.2 Å². The highest BCUT2D eigenvalue weighted by atomic mass is 32.2. The van der Waals surface area contributed by atoms with Crippen molar-refractivity contribution in [3.63, 3.8) is 0 Å². The Bertz CT molecular complexity index is 771. The Morgan fingerprint density at radius 3 is 2.34 bits per heavy atom. The zero-order chi connectivity index (χ0) is 21.9. The van der Waals surface area contributed by atoms with Crippen LogP contribution in [-0.2, 0) is 19.6 Å². The first-order chi connectivity index (χ1) is 13.6. The van der Waals surface area contributed by atoms with Crippen molar-refractivity contribution in [1.82, 2.24) is 0 Å². The number of esters is 1. The maximum Gasteiger partial charge on any atom is 0.344 e. The lowest BCUT2D eigenvalue weighted by molar-refractivity contribution is -0.108. The molecule has 0 aliphatic heterocycles. The van der Waals surface area contributed by atoms with E-state index in [2.05, 4.69) is 13.5 Å². The number of unbranched alkanes of at least 4 members (excludes halogenated alkanes) is 6. The summed E-state index contributed by atoms with van der Waals surface area (Å²) in [6, 6.07) is 2.88. The number of benzene rings is 1. The highest BCUT2D eigenvalue weighted by molar-refractivity contribution is 7.85. The molecule has 0 fully saturated rings. The van der Waals surface area contributed by atoms with Gasteiger partial charge in [-0.1, -0.05) is 57.6 Å². The smallest absolute Gasteiger partial charge is 0.344 e. The van der Waals surface area contributed by atoms with Gasteiger partial charge in [-0.2, -0.15) is 8.42 Å². The minimum absolute atomic E-state index is 0.214. The van der Waals surface area contributed by atoms with Gasteiger partial charge in [0.15, 0.2) is 0 Å². The number of carbonyl (C=O) groups is 1. The molecule has 0 amide bonds. The van der Waals surface area contributed by atoms with Gasteiger partial charge in [0, 0.05) is 6.42 Å². The van der Waals surface area contributed by atoms with Crippen LogP contribution in [0.5, 0.6) is 5.75 Å². The molecule has 7 nitrogen and oxygen atoms in total. The predicted octanol–water partition coefficient (Wildman–Crippen LogP) is 4.86. The molecule has 0 saturated heterocycles. The molecule has 0 heterocycles. The number of aromatic hydroxyl groups is 1. The first-order valence-corrected chi connectivity index (χ1v) is 11.4. The number of phenolic OH excluding ortho intramolecular Hbond substituents is 1. The van der Waals surface area contributed by atoms with Gasteiger partial charge in [-0.3, -0.25) is 4.55 Å². The zero-order valence-corrected chi connectivity index (χ0v) is 18.0. The molecule has 0 aliphatic rings. The van der Waals surface area contributed by atoms with E-state index in [1.165, 1.54) is 25.7 Å². The van der Waals surface area contributed by atoms with Crippen molar-refractivity contribution in [2.75, 3.05) is 6.61 Å². The number of hydrogen-bond acceptors (Lipinski definition) is 6. The van der Waals surface area contributed by atoms with Crippen LogP contribution in [-0.4, -0.2) is 36.9 Å². The number of hydrogen-bond donors (Lipinski definition) is 2. The molecule has 0 aliphatic carbocycles. The lowest BCUT2D eigenvalue weighted by Crippen LogP contribution is -2.22. The summed E-state index contributed by atoms with van der Waals surface area (Å²) in [5.74, 6) is -1.38. The Labute approximate surface area is 173 Å². The molecule has 2 N–H and O–H groups in total. The maximum atomic E-state index is 12.4. The zero-order valence-electron chi connectivity index (χ0n) is 17.2. The van der Waals surface area contributed by atoms with E-state index in [-0.39, 0.29) is 12.2 Å². The van der Waals surface area contributed by atoms with E-state index in [0.717, 1.165) is 43.0 Å². The molecule has 1 aromatic carbocycles. The Hall–Kier alpha value is -1.90. The van der Waals surface area contributed by atoms with E-state index in [1.807, 2.05) is 0 Å². The second-order valence-electron chi connectivity index (χ2n) is 7.17. The number of phenols is 1. The first-order valence-electron chi connectivity index (χ1n) is 9.92. The summed E-state index contributed by atoms with van der Waals surface area (Å²) >= 11 is 0.